The Hall–Kier alpha value is -2.66. The number of nitro benzene ring substituents is 1. The van der Waals surface area contributed by atoms with Crippen molar-refractivity contribution in [2.45, 2.75) is 37.3 Å². The first kappa shape index (κ1) is 23.6. The van der Waals surface area contributed by atoms with Gasteiger partial charge in [0.15, 0.2) is 11.2 Å². The number of likely N-dealkylation sites (N-methyl/N-ethyl adjacent to an activating group) is 1. The summed E-state index contributed by atoms with van der Waals surface area (Å²) in [5, 5.41) is 10.5. The molecular weight excluding hydrogens is 414 g/mol. The van der Waals surface area contributed by atoms with Crippen LogP contribution in [0, 0.1) is 10.1 Å². The zero-order valence-electron chi connectivity index (χ0n) is 17.3. The van der Waals surface area contributed by atoms with E-state index in [9.17, 15) is 24.5 Å². The fourth-order valence-corrected chi connectivity index (χ4v) is 4.26. The van der Waals surface area contributed by atoms with Gasteiger partial charge in [0.25, 0.3) is 11.6 Å². The van der Waals surface area contributed by atoms with Gasteiger partial charge in [0.05, 0.1) is 11.0 Å². The summed E-state index contributed by atoms with van der Waals surface area (Å²) in [6.45, 7) is 1.62. The molecule has 1 heterocycles. The quantitative estimate of drug-likeness (QED) is 0.468. The summed E-state index contributed by atoms with van der Waals surface area (Å²) in [5.41, 5.74) is 0.533. The van der Waals surface area contributed by atoms with Crippen molar-refractivity contribution in [3.8, 4) is 0 Å². The van der Waals surface area contributed by atoms with Crippen LogP contribution in [-0.2, 0) is 25.7 Å². The number of amides is 2. The standard InChI is InChI=1S/C19H25N3O7S/c1-12(23)30-15-9-16(17(28-4)18(24)20(2)3)21(10-15)19(25)29-11-13-5-7-14(8-6-13)22(26)27/h5-8,15-17H,9-11H2,1-4H3/t15-,16-,17?/m0/s1. The van der Waals surface area contributed by atoms with Gasteiger partial charge < -0.3 is 19.3 Å². The molecule has 2 amide bonds. The predicted octanol–water partition coefficient (Wildman–Crippen LogP) is 2.06. The van der Waals surface area contributed by atoms with E-state index in [1.807, 2.05) is 0 Å². The van der Waals surface area contributed by atoms with E-state index in [0.717, 1.165) is 11.8 Å². The number of nitrogens with zero attached hydrogens (tertiary/aromatic N) is 3. The maximum atomic E-state index is 12.8. The van der Waals surface area contributed by atoms with Gasteiger partial charge in [-0.15, -0.1) is 0 Å². The minimum absolute atomic E-state index is 0.0566. The summed E-state index contributed by atoms with van der Waals surface area (Å²) in [4.78, 5) is 49.8. The van der Waals surface area contributed by atoms with E-state index in [1.54, 1.807) is 14.1 Å². The molecule has 0 radical (unpaired) electrons. The fourth-order valence-electron chi connectivity index (χ4n) is 3.26. The molecule has 1 fully saturated rings. The van der Waals surface area contributed by atoms with Crippen molar-refractivity contribution in [1.82, 2.24) is 9.80 Å². The molecule has 0 aromatic heterocycles. The molecule has 30 heavy (non-hydrogen) atoms. The van der Waals surface area contributed by atoms with Crippen LogP contribution in [0.5, 0.6) is 0 Å². The van der Waals surface area contributed by atoms with Crippen LogP contribution in [0.25, 0.3) is 0 Å². The lowest BCUT2D eigenvalue weighted by molar-refractivity contribution is -0.384. The summed E-state index contributed by atoms with van der Waals surface area (Å²) in [7, 11) is 4.60. The van der Waals surface area contributed by atoms with E-state index in [-0.39, 0.29) is 35.1 Å². The van der Waals surface area contributed by atoms with Gasteiger partial charge >= 0.3 is 6.09 Å². The highest BCUT2D eigenvalue weighted by atomic mass is 32.2. The smallest absolute Gasteiger partial charge is 0.410 e. The lowest BCUT2D eigenvalue weighted by Gasteiger charge is -2.30. The van der Waals surface area contributed by atoms with Gasteiger partial charge in [-0.05, 0) is 24.1 Å². The third-order valence-electron chi connectivity index (χ3n) is 4.67. The number of nitro groups is 1. The molecule has 164 valence electrons. The normalized spacial score (nSPS) is 19.3. The number of benzene rings is 1. The SMILES string of the molecule is COC(C(=O)N(C)C)[C@@H]1C[C@H](SC(C)=O)CN1C(=O)OCc1ccc([N+](=O)[O-])cc1. The van der Waals surface area contributed by atoms with Gasteiger partial charge in [-0.25, -0.2) is 4.79 Å². The Morgan fingerprint density at radius 1 is 1.30 bits per heavy atom. The molecule has 1 aliphatic heterocycles. The molecule has 1 aliphatic rings. The molecule has 0 aliphatic carbocycles. The summed E-state index contributed by atoms with van der Waals surface area (Å²) >= 11 is 1.12. The minimum atomic E-state index is -0.885. The van der Waals surface area contributed by atoms with Gasteiger partial charge in [0.1, 0.15) is 6.61 Å². The first-order valence-electron chi connectivity index (χ1n) is 9.22. The summed E-state index contributed by atoms with van der Waals surface area (Å²) in [6, 6.07) is 5.10. The number of hydrogen-bond acceptors (Lipinski definition) is 8. The average molecular weight is 439 g/mol. The average Bonchev–Trinajstić information content (AvgIpc) is 3.09. The number of methoxy groups -OCH3 is 1. The Morgan fingerprint density at radius 3 is 2.43 bits per heavy atom. The molecule has 0 spiro atoms. The Balaban J connectivity index is 2.12. The van der Waals surface area contributed by atoms with Crippen molar-refractivity contribution < 1.29 is 28.8 Å². The second-order valence-electron chi connectivity index (χ2n) is 7.05. The first-order chi connectivity index (χ1) is 14.1. The van der Waals surface area contributed by atoms with E-state index in [2.05, 4.69) is 0 Å². The van der Waals surface area contributed by atoms with Crippen LogP contribution in [0.2, 0.25) is 0 Å². The van der Waals surface area contributed by atoms with Crippen LogP contribution < -0.4 is 0 Å². The van der Waals surface area contributed by atoms with Crippen molar-refractivity contribution in [2.75, 3.05) is 27.7 Å². The van der Waals surface area contributed by atoms with E-state index in [1.165, 1.54) is 48.1 Å². The molecular formula is C19H25N3O7S. The van der Waals surface area contributed by atoms with Gasteiger partial charge in [-0.3, -0.25) is 19.7 Å². The van der Waals surface area contributed by atoms with Crippen LogP contribution in [0.3, 0.4) is 0 Å². The van der Waals surface area contributed by atoms with Crippen LogP contribution in [0.1, 0.15) is 18.9 Å². The van der Waals surface area contributed by atoms with E-state index in [0.29, 0.717) is 12.0 Å². The second kappa shape index (κ2) is 10.4. The maximum Gasteiger partial charge on any atom is 0.410 e. The molecule has 1 aromatic carbocycles. The lowest BCUT2D eigenvalue weighted by Crippen LogP contribution is -2.50. The van der Waals surface area contributed by atoms with E-state index >= 15 is 0 Å². The molecule has 1 unspecified atom stereocenters. The number of ether oxygens (including phenoxy) is 2. The van der Waals surface area contributed by atoms with Crippen LogP contribution >= 0.6 is 11.8 Å². The van der Waals surface area contributed by atoms with Gasteiger partial charge in [0.2, 0.25) is 0 Å². The van der Waals surface area contributed by atoms with Crippen molar-refractivity contribution in [3.63, 3.8) is 0 Å². The first-order valence-corrected chi connectivity index (χ1v) is 10.1. The number of carbonyl (C=O) groups excluding carboxylic acids is 3. The Morgan fingerprint density at radius 2 is 1.93 bits per heavy atom. The third-order valence-corrected chi connectivity index (χ3v) is 5.68. The molecule has 1 aromatic rings. The maximum absolute atomic E-state index is 12.8. The number of rotatable bonds is 7. The molecule has 11 heteroatoms. The number of thioether (sulfide) groups is 1. The molecule has 1 saturated heterocycles. The molecule has 3 atom stereocenters. The van der Waals surface area contributed by atoms with E-state index < -0.39 is 23.2 Å². The molecule has 10 nitrogen and oxygen atoms in total. The monoisotopic (exact) mass is 439 g/mol. The lowest BCUT2D eigenvalue weighted by atomic mass is 10.1. The summed E-state index contributed by atoms with van der Waals surface area (Å²) < 4.78 is 10.8. The molecule has 2 rings (SSSR count). The second-order valence-corrected chi connectivity index (χ2v) is 8.53. The van der Waals surface area contributed by atoms with Crippen LogP contribution in [-0.4, -0.2) is 77.0 Å². The van der Waals surface area contributed by atoms with Crippen molar-refractivity contribution in [3.05, 3.63) is 39.9 Å². The highest BCUT2D eigenvalue weighted by Crippen LogP contribution is 2.31. The Labute approximate surface area is 178 Å². The van der Waals surface area contributed by atoms with Crippen LogP contribution in [0.15, 0.2) is 24.3 Å². The molecule has 0 bridgehead atoms. The Bertz CT molecular complexity index is 800. The highest BCUT2D eigenvalue weighted by Gasteiger charge is 2.44. The van der Waals surface area contributed by atoms with E-state index in [4.69, 9.17) is 9.47 Å². The minimum Gasteiger partial charge on any atom is -0.445 e. The Kier molecular flexibility index (Phi) is 8.18. The number of hydrogen-bond donors (Lipinski definition) is 0. The predicted molar refractivity (Wildman–Crippen MR) is 110 cm³/mol. The van der Waals surface area contributed by atoms with Crippen LogP contribution in [0.4, 0.5) is 10.5 Å². The number of non-ortho nitro benzene ring substituents is 1. The third kappa shape index (κ3) is 5.92. The van der Waals surface area contributed by atoms with Gasteiger partial charge in [0, 0.05) is 52.1 Å². The van der Waals surface area contributed by atoms with Crippen molar-refractivity contribution in [1.29, 1.82) is 0 Å². The molecule has 0 N–H and O–H groups in total. The summed E-state index contributed by atoms with van der Waals surface area (Å²) in [6.07, 6.45) is -1.11. The van der Waals surface area contributed by atoms with Crippen molar-refractivity contribution in [2.24, 2.45) is 0 Å². The zero-order chi connectivity index (χ0) is 22.4. The summed E-state index contributed by atoms with van der Waals surface area (Å²) in [5.74, 6) is -0.288. The van der Waals surface area contributed by atoms with Crippen molar-refractivity contribution >= 4 is 34.6 Å². The highest BCUT2D eigenvalue weighted by molar-refractivity contribution is 8.14. The number of likely N-dealkylation sites (tertiary alicyclic amines) is 1. The zero-order valence-corrected chi connectivity index (χ0v) is 18.1. The molecule has 0 saturated carbocycles. The number of carbonyl (C=O) groups is 3. The van der Waals surface area contributed by atoms with Gasteiger partial charge in [-0.2, -0.15) is 0 Å². The fraction of sp³-hybridized carbons (Fsp3) is 0.526. The largest absolute Gasteiger partial charge is 0.445 e. The van der Waals surface area contributed by atoms with Gasteiger partial charge in [-0.1, -0.05) is 11.8 Å². The topological polar surface area (TPSA) is 119 Å².